The molecule has 1 heterocycles. The van der Waals surface area contributed by atoms with Crippen LogP contribution in [0.1, 0.15) is 19.8 Å². The number of rotatable bonds is 5. The lowest BCUT2D eigenvalue weighted by molar-refractivity contribution is -0.127. The number of nitrogens with one attached hydrogen (secondary N) is 2. The second-order valence-corrected chi connectivity index (χ2v) is 4.16. The Labute approximate surface area is 103 Å². The second kappa shape index (κ2) is 7.65. The van der Waals surface area contributed by atoms with Gasteiger partial charge in [-0.2, -0.15) is 0 Å². The van der Waals surface area contributed by atoms with Crippen LogP contribution in [0.15, 0.2) is 12.7 Å². The number of piperidine rings is 1. The maximum Gasteiger partial charge on any atom is 0.246 e. The van der Waals surface area contributed by atoms with Crippen LogP contribution in [0.2, 0.25) is 0 Å². The summed E-state index contributed by atoms with van der Waals surface area (Å²) in [4.78, 5) is 11.5. The zero-order valence-corrected chi connectivity index (χ0v) is 10.6. The van der Waals surface area contributed by atoms with Gasteiger partial charge in [0.25, 0.3) is 0 Å². The molecule has 0 bridgehead atoms. The predicted molar refractivity (Wildman–Crippen MR) is 66.9 cm³/mol. The average Bonchev–Trinajstić information content (AvgIpc) is 2.18. The van der Waals surface area contributed by atoms with Gasteiger partial charge in [0.15, 0.2) is 0 Å². The molecule has 94 valence electrons. The molecule has 0 unspecified atom stereocenters. The van der Waals surface area contributed by atoms with Crippen LogP contribution in [-0.2, 0) is 9.53 Å². The Morgan fingerprint density at radius 1 is 1.56 bits per heavy atom. The highest BCUT2D eigenvalue weighted by Crippen LogP contribution is 2.16. The molecular formula is C11H21ClN2O2. The van der Waals surface area contributed by atoms with E-state index in [-0.39, 0.29) is 30.5 Å². The van der Waals surface area contributed by atoms with Crippen LogP contribution in [0, 0.1) is 0 Å². The maximum absolute atomic E-state index is 11.5. The van der Waals surface area contributed by atoms with Gasteiger partial charge in [-0.25, -0.2) is 0 Å². The minimum atomic E-state index is -0.0696. The van der Waals surface area contributed by atoms with Crippen molar-refractivity contribution in [3.8, 4) is 0 Å². The van der Waals surface area contributed by atoms with Crippen LogP contribution in [0.25, 0.3) is 0 Å². The molecule has 0 atom stereocenters. The molecule has 0 spiro atoms. The van der Waals surface area contributed by atoms with Crippen molar-refractivity contribution in [3.05, 3.63) is 12.7 Å². The number of amides is 1. The number of ether oxygens (including phenoxy) is 1. The van der Waals surface area contributed by atoms with E-state index < -0.39 is 0 Å². The molecule has 16 heavy (non-hydrogen) atoms. The highest BCUT2D eigenvalue weighted by molar-refractivity contribution is 5.85. The van der Waals surface area contributed by atoms with Crippen LogP contribution in [-0.4, -0.2) is 37.7 Å². The van der Waals surface area contributed by atoms with Crippen molar-refractivity contribution in [1.82, 2.24) is 10.6 Å². The first-order valence-corrected chi connectivity index (χ1v) is 5.37. The molecule has 0 aromatic rings. The first kappa shape index (κ1) is 15.4. The summed E-state index contributed by atoms with van der Waals surface area (Å²) in [5.41, 5.74) is -0.0696. The van der Waals surface area contributed by atoms with Gasteiger partial charge in [-0.05, 0) is 32.9 Å². The van der Waals surface area contributed by atoms with Crippen LogP contribution in [0.3, 0.4) is 0 Å². The average molecular weight is 249 g/mol. The van der Waals surface area contributed by atoms with Crippen molar-refractivity contribution in [2.24, 2.45) is 0 Å². The minimum Gasteiger partial charge on any atom is -0.368 e. The van der Waals surface area contributed by atoms with Crippen LogP contribution >= 0.6 is 12.4 Å². The molecule has 1 aliphatic rings. The van der Waals surface area contributed by atoms with Gasteiger partial charge in [0, 0.05) is 5.54 Å². The first-order valence-electron chi connectivity index (χ1n) is 5.37. The standard InChI is InChI=1S/C11H20N2O2.ClH/c1-3-8-15-9-10(14)13-11(2)4-6-12-7-5-11;/h3,12H,1,4-9H2,2H3,(H,13,14);1H. The van der Waals surface area contributed by atoms with Crippen molar-refractivity contribution in [2.75, 3.05) is 26.3 Å². The second-order valence-electron chi connectivity index (χ2n) is 4.16. The van der Waals surface area contributed by atoms with Gasteiger partial charge in [-0.3, -0.25) is 4.79 Å². The Morgan fingerprint density at radius 2 is 2.19 bits per heavy atom. The number of carbonyl (C=O) groups is 1. The summed E-state index contributed by atoms with van der Waals surface area (Å²) in [6.45, 7) is 8.07. The number of hydrogen-bond donors (Lipinski definition) is 2. The zero-order chi connectivity index (χ0) is 11.1. The molecule has 1 aliphatic heterocycles. The van der Waals surface area contributed by atoms with E-state index in [9.17, 15) is 4.79 Å². The molecule has 0 radical (unpaired) electrons. The summed E-state index contributed by atoms with van der Waals surface area (Å²) in [7, 11) is 0. The van der Waals surface area contributed by atoms with Crippen molar-refractivity contribution < 1.29 is 9.53 Å². The van der Waals surface area contributed by atoms with Gasteiger partial charge in [0.05, 0.1) is 6.61 Å². The monoisotopic (exact) mass is 248 g/mol. The smallest absolute Gasteiger partial charge is 0.246 e. The van der Waals surface area contributed by atoms with E-state index >= 15 is 0 Å². The van der Waals surface area contributed by atoms with E-state index in [2.05, 4.69) is 24.1 Å². The lowest BCUT2D eigenvalue weighted by atomic mass is 9.90. The fourth-order valence-electron chi connectivity index (χ4n) is 1.71. The SMILES string of the molecule is C=CCOCC(=O)NC1(C)CCNCC1.Cl. The Balaban J connectivity index is 0.00000225. The van der Waals surface area contributed by atoms with Gasteiger partial charge >= 0.3 is 0 Å². The topological polar surface area (TPSA) is 50.4 Å². The molecule has 0 aliphatic carbocycles. The first-order chi connectivity index (χ1) is 7.16. The summed E-state index contributed by atoms with van der Waals surface area (Å²) in [6.07, 6.45) is 3.58. The highest BCUT2D eigenvalue weighted by Gasteiger charge is 2.27. The molecule has 1 fully saturated rings. The van der Waals surface area contributed by atoms with Gasteiger partial charge in [-0.1, -0.05) is 6.08 Å². The van der Waals surface area contributed by atoms with Crippen LogP contribution in [0.5, 0.6) is 0 Å². The van der Waals surface area contributed by atoms with Crippen molar-refractivity contribution in [3.63, 3.8) is 0 Å². The highest BCUT2D eigenvalue weighted by atomic mass is 35.5. The predicted octanol–water partition coefficient (Wildman–Crippen LogP) is 0.869. The van der Waals surface area contributed by atoms with E-state index in [4.69, 9.17) is 4.74 Å². The Bertz CT molecular complexity index is 228. The summed E-state index contributed by atoms with van der Waals surface area (Å²) in [5.74, 6) is -0.0405. The number of hydrogen-bond acceptors (Lipinski definition) is 3. The third kappa shape index (κ3) is 5.49. The lowest BCUT2D eigenvalue weighted by Crippen LogP contribution is -2.53. The summed E-state index contributed by atoms with van der Waals surface area (Å²) < 4.78 is 5.09. The van der Waals surface area contributed by atoms with Gasteiger partial charge in [-0.15, -0.1) is 19.0 Å². The summed E-state index contributed by atoms with van der Waals surface area (Å²) in [5, 5.41) is 6.29. The van der Waals surface area contributed by atoms with E-state index in [1.54, 1.807) is 6.08 Å². The van der Waals surface area contributed by atoms with Crippen molar-refractivity contribution >= 4 is 18.3 Å². The van der Waals surface area contributed by atoms with Crippen molar-refractivity contribution in [1.29, 1.82) is 0 Å². The number of carbonyl (C=O) groups excluding carboxylic acids is 1. The molecule has 0 saturated carbocycles. The minimum absolute atomic E-state index is 0. The fourth-order valence-corrected chi connectivity index (χ4v) is 1.71. The third-order valence-corrected chi connectivity index (χ3v) is 2.62. The van der Waals surface area contributed by atoms with E-state index in [0.717, 1.165) is 25.9 Å². The summed E-state index contributed by atoms with van der Waals surface area (Å²) >= 11 is 0. The van der Waals surface area contributed by atoms with Crippen molar-refractivity contribution in [2.45, 2.75) is 25.3 Å². The molecule has 4 nitrogen and oxygen atoms in total. The largest absolute Gasteiger partial charge is 0.368 e. The zero-order valence-electron chi connectivity index (χ0n) is 9.75. The van der Waals surface area contributed by atoms with Gasteiger partial charge in [0.1, 0.15) is 6.61 Å². The maximum atomic E-state index is 11.5. The molecule has 0 aromatic carbocycles. The molecular weight excluding hydrogens is 228 g/mol. The quantitative estimate of drug-likeness (QED) is 0.561. The fraction of sp³-hybridized carbons (Fsp3) is 0.727. The molecule has 1 amide bonds. The Kier molecular flexibility index (Phi) is 7.38. The normalized spacial score (nSPS) is 18.3. The van der Waals surface area contributed by atoms with E-state index in [1.165, 1.54) is 0 Å². The molecule has 1 rings (SSSR count). The van der Waals surface area contributed by atoms with E-state index in [1.807, 2.05) is 0 Å². The van der Waals surface area contributed by atoms with Crippen LogP contribution < -0.4 is 10.6 Å². The molecule has 0 aromatic heterocycles. The molecule has 2 N–H and O–H groups in total. The van der Waals surface area contributed by atoms with Gasteiger partial charge in [0.2, 0.25) is 5.91 Å². The number of halogens is 1. The van der Waals surface area contributed by atoms with Crippen LogP contribution in [0.4, 0.5) is 0 Å². The van der Waals surface area contributed by atoms with Gasteiger partial charge < -0.3 is 15.4 Å². The molecule has 5 heteroatoms. The Morgan fingerprint density at radius 3 is 2.75 bits per heavy atom. The molecule has 1 saturated heterocycles. The summed E-state index contributed by atoms with van der Waals surface area (Å²) in [6, 6.07) is 0. The van der Waals surface area contributed by atoms with E-state index in [0.29, 0.717) is 6.61 Å². The third-order valence-electron chi connectivity index (χ3n) is 2.62. The lowest BCUT2D eigenvalue weighted by Gasteiger charge is -2.34. The Hall–Kier alpha value is -0.580.